The van der Waals surface area contributed by atoms with E-state index < -0.39 is 53.6 Å². The van der Waals surface area contributed by atoms with E-state index in [0.29, 0.717) is 29.6 Å². The summed E-state index contributed by atoms with van der Waals surface area (Å²) in [5, 5.41) is 13.4. The minimum absolute atomic E-state index is 0.0652. The Kier molecular flexibility index (Phi) is 10.5. The number of amides is 3. The Morgan fingerprint density at radius 3 is 2.53 bits per heavy atom. The number of allylic oxidation sites excluding steroid dienone is 1. The number of benzene rings is 1. The number of carbonyl (C=O) groups is 4. The summed E-state index contributed by atoms with van der Waals surface area (Å²) in [6, 6.07) is 7.41. The first-order chi connectivity index (χ1) is 21.6. The fourth-order valence-electron chi connectivity index (χ4n) is 7.14. The first-order valence-corrected chi connectivity index (χ1v) is 16.9. The third-order valence-electron chi connectivity index (χ3n) is 9.47. The standard InChI is InChI=1S/C34H44BrN3O7/c1-4-5-11-16-37-17-12-7-10-15-26(40)36-19-25(22-13-8-6-9-14-22)44-33(43)27-28-31(41)38(24(20-39)21(2)3)30(32(37)42)34(28)18-23(35)29(27)45-34/h6-9,12-14,18,21,24-25,27-30,39H,4-5,10-11,15-17,19-20H2,1-3H3,(H,36,40)/b12-7-/t24-,25+,27+,28-,29+,30+,34-/m0/s1. The van der Waals surface area contributed by atoms with Crippen molar-refractivity contribution in [1.82, 2.24) is 15.1 Å². The molecule has 1 aromatic rings. The Labute approximate surface area is 273 Å². The van der Waals surface area contributed by atoms with E-state index in [1.54, 1.807) is 11.0 Å². The lowest BCUT2D eigenvalue weighted by Crippen LogP contribution is -2.59. The third kappa shape index (κ3) is 6.36. The Balaban J connectivity index is 1.60. The van der Waals surface area contributed by atoms with Crippen LogP contribution < -0.4 is 5.32 Å². The van der Waals surface area contributed by atoms with E-state index >= 15 is 0 Å². The van der Waals surface area contributed by atoms with Crippen LogP contribution >= 0.6 is 15.9 Å². The lowest BCUT2D eigenvalue weighted by molar-refractivity contribution is -0.160. The molecule has 2 saturated heterocycles. The number of unbranched alkanes of at least 4 members (excludes halogenated alkanes) is 2. The number of nitrogens with zero attached hydrogens (tertiary/aromatic N) is 2. The Morgan fingerprint density at radius 1 is 1.09 bits per heavy atom. The molecule has 4 aliphatic rings. The summed E-state index contributed by atoms with van der Waals surface area (Å²) in [5.74, 6) is -3.74. The van der Waals surface area contributed by atoms with E-state index in [2.05, 4.69) is 28.2 Å². The van der Waals surface area contributed by atoms with Crippen LogP contribution in [-0.4, -0.2) is 88.6 Å². The molecule has 0 unspecified atom stereocenters. The summed E-state index contributed by atoms with van der Waals surface area (Å²) in [4.78, 5) is 59.3. The smallest absolute Gasteiger partial charge is 0.313 e. The zero-order valence-corrected chi connectivity index (χ0v) is 27.8. The highest BCUT2D eigenvalue weighted by Gasteiger charge is 2.75. The van der Waals surface area contributed by atoms with Gasteiger partial charge in [-0.25, -0.2) is 0 Å². The summed E-state index contributed by atoms with van der Waals surface area (Å²) < 4.78 is 13.3. The number of fused-ring (bicyclic) bond motifs is 2. The van der Waals surface area contributed by atoms with Crippen molar-refractivity contribution in [3.05, 3.63) is 58.6 Å². The number of likely N-dealkylation sites (tertiary alicyclic amines) is 1. The molecule has 244 valence electrons. The van der Waals surface area contributed by atoms with Gasteiger partial charge in [0.1, 0.15) is 29.8 Å². The fourth-order valence-corrected chi connectivity index (χ4v) is 7.88. The number of ether oxygens (including phenoxy) is 2. The summed E-state index contributed by atoms with van der Waals surface area (Å²) in [7, 11) is 0. The van der Waals surface area contributed by atoms with Crippen molar-refractivity contribution in [3.8, 4) is 0 Å². The van der Waals surface area contributed by atoms with Gasteiger partial charge in [-0.05, 0) is 30.4 Å². The number of aliphatic hydroxyl groups is 1. The number of hydrogen-bond donors (Lipinski definition) is 2. The topological polar surface area (TPSA) is 125 Å². The van der Waals surface area contributed by atoms with Crippen LogP contribution in [0.3, 0.4) is 0 Å². The lowest BCUT2D eigenvalue weighted by atomic mass is 9.74. The molecule has 2 fully saturated rings. The molecule has 11 heteroatoms. The van der Waals surface area contributed by atoms with Crippen LogP contribution in [-0.2, 0) is 28.7 Å². The van der Waals surface area contributed by atoms with Crippen LogP contribution in [0, 0.1) is 17.8 Å². The summed E-state index contributed by atoms with van der Waals surface area (Å²) in [6.07, 6.45) is 7.35. The van der Waals surface area contributed by atoms with Gasteiger partial charge in [0.25, 0.3) is 0 Å². The molecule has 3 amide bonds. The molecule has 4 heterocycles. The zero-order valence-electron chi connectivity index (χ0n) is 26.2. The number of carbonyl (C=O) groups excluding carboxylic acids is 4. The quantitative estimate of drug-likeness (QED) is 0.243. The highest BCUT2D eigenvalue weighted by molar-refractivity contribution is 9.11. The first kappa shape index (κ1) is 33.3. The Morgan fingerprint density at radius 2 is 1.84 bits per heavy atom. The van der Waals surface area contributed by atoms with Crippen LogP contribution in [0.2, 0.25) is 0 Å². The van der Waals surface area contributed by atoms with E-state index in [1.807, 2.05) is 56.3 Å². The van der Waals surface area contributed by atoms with Crippen LogP contribution in [0.15, 0.2) is 53.0 Å². The number of hydrogen-bond acceptors (Lipinski definition) is 7. The van der Waals surface area contributed by atoms with Crippen molar-refractivity contribution in [1.29, 1.82) is 0 Å². The van der Waals surface area contributed by atoms with Gasteiger partial charge < -0.3 is 29.7 Å². The van der Waals surface area contributed by atoms with E-state index in [0.717, 1.165) is 19.3 Å². The van der Waals surface area contributed by atoms with Gasteiger partial charge in [0.05, 0.1) is 25.1 Å². The second-order valence-electron chi connectivity index (χ2n) is 12.7. The molecule has 0 aliphatic carbocycles. The summed E-state index contributed by atoms with van der Waals surface area (Å²) in [6.45, 7) is 6.38. The average molecular weight is 687 g/mol. The van der Waals surface area contributed by atoms with E-state index in [4.69, 9.17) is 9.47 Å². The highest BCUT2D eigenvalue weighted by atomic mass is 79.9. The molecule has 0 radical (unpaired) electrons. The Hall–Kier alpha value is -3.02. The normalized spacial score (nSPS) is 32.0. The van der Waals surface area contributed by atoms with Gasteiger partial charge in [-0.2, -0.15) is 0 Å². The number of nitrogens with one attached hydrogen (secondary N) is 1. The molecular weight excluding hydrogens is 642 g/mol. The third-order valence-corrected chi connectivity index (χ3v) is 10.2. The SMILES string of the molecule is CCCCCN1C/C=C\CCC(=O)NC[C@H](c2ccccc2)OC(=O)[C@H]2[C@@H]3O[C@@]4(C=C3Br)[C@@H]2C(=O)N([C@@H](CO)C(C)C)[C@@H]4C1=O. The van der Waals surface area contributed by atoms with E-state index in [-0.39, 0.29) is 37.3 Å². The minimum Gasteiger partial charge on any atom is -0.455 e. The van der Waals surface area contributed by atoms with Crippen molar-refractivity contribution in [2.45, 2.75) is 82.8 Å². The minimum atomic E-state index is -1.42. The molecule has 45 heavy (non-hydrogen) atoms. The maximum Gasteiger partial charge on any atom is 0.313 e. The largest absolute Gasteiger partial charge is 0.455 e. The van der Waals surface area contributed by atoms with Crippen molar-refractivity contribution < 1.29 is 33.8 Å². The molecule has 4 aliphatic heterocycles. The van der Waals surface area contributed by atoms with Crippen molar-refractivity contribution in [2.24, 2.45) is 17.8 Å². The van der Waals surface area contributed by atoms with Gasteiger partial charge in [0.15, 0.2) is 0 Å². The van der Waals surface area contributed by atoms with Crippen LogP contribution in [0.4, 0.5) is 0 Å². The van der Waals surface area contributed by atoms with E-state index in [1.165, 1.54) is 4.90 Å². The van der Waals surface area contributed by atoms with Crippen molar-refractivity contribution >= 4 is 39.6 Å². The summed E-state index contributed by atoms with van der Waals surface area (Å²) >= 11 is 3.59. The van der Waals surface area contributed by atoms with Gasteiger partial charge in [-0.3, -0.25) is 19.2 Å². The molecule has 0 saturated carbocycles. The number of aliphatic hydroxyl groups excluding tert-OH is 1. The molecule has 2 N–H and O–H groups in total. The number of rotatable bonds is 8. The molecular formula is C34H44BrN3O7. The van der Waals surface area contributed by atoms with Crippen molar-refractivity contribution in [3.63, 3.8) is 0 Å². The Bertz CT molecular complexity index is 1330. The molecule has 1 aromatic carbocycles. The zero-order chi connectivity index (χ0) is 32.3. The predicted octanol–water partition coefficient (Wildman–Crippen LogP) is 3.65. The average Bonchev–Trinajstić information content (AvgIpc) is 3.61. The molecule has 10 nitrogen and oxygen atoms in total. The van der Waals surface area contributed by atoms with Gasteiger partial charge in [-0.15, -0.1) is 0 Å². The van der Waals surface area contributed by atoms with Crippen LogP contribution in [0.25, 0.3) is 0 Å². The molecule has 0 aromatic heterocycles. The number of cyclic esters (lactones) is 1. The monoisotopic (exact) mass is 685 g/mol. The van der Waals surface area contributed by atoms with Crippen LogP contribution in [0.5, 0.6) is 0 Å². The van der Waals surface area contributed by atoms with E-state index in [9.17, 15) is 24.3 Å². The summed E-state index contributed by atoms with van der Waals surface area (Å²) in [5.41, 5.74) is -0.714. The van der Waals surface area contributed by atoms with Crippen molar-refractivity contribution in [2.75, 3.05) is 26.2 Å². The van der Waals surface area contributed by atoms with Gasteiger partial charge >= 0.3 is 5.97 Å². The van der Waals surface area contributed by atoms with Gasteiger partial charge in [0.2, 0.25) is 17.7 Å². The van der Waals surface area contributed by atoms with Crippen LogP contribution in [0.1, 0.15) is 64.5 Å². The maximum absolute atomic E-state index is 14.7. The number of esters is 1. The fraction of sp³-hybridized carbons (Fsp3) is 0.588. The second kappa shape index (κ2) is 14.2. The molecule has 1 spiro atoms. The second-order valence-corrected chi connectivity index (χ2v) is 13.6. The first-order valence-electron chi connectivity index (χ1n) is 16.1. The maximum atomic E-state index is 14.7. The van der Waals surface area contributed by atoms with Gasteiger partial charge in [0, 0.05) is 24.0 Å². The molecule has 5 bridgehead atoms. The highest BCUT2D eigenvalue weighted by Crippen LogP contribution is 2.59. The molecule has 5 rings (SSSR count). The molecule has 7 atom stereocenters. The number of halogens is 1. The van der Waals surface area contributed by atoms with Gasteiger partial charge in [-0.1, -0.05) is 92.0 Å². The predicted molar refractivity (Wildman–Crippen MR) is 171 cm³/mol. The lowest BCUT2D eigenvalue weighted by Gasteiger charge is -2.40.